The number of rotatable bonds is 6. The molecule has 5 atom stereocenters. The number of aromatic nitrogens is 4. The third kappa shape index (κ3) is 4.71. The monoisotopic (exact) mass is 608 g/mol. The van der Waals surface area contributed by atoms with Gasteiger partial charge in [0.1, 0.15) is 5.92 Å². The smallest absolute Gasteiger partial charge is 0.321 e. The Balaban J connectivity index is 1.78. The van der Waals surface area contributed by atoms with Crippen molar-refractivity contribution in [2.24, 2.45) is 0 Å². The highest BCUT2D eigenvalue weighted by Crippen LogP contribution is 2.48. The van der Waals surface area contributed by atoms with E-state index in [0.29, 0.717) is 28.8 Å². The lowest BCUT2D eigenvalue weighted by Gasteiger charge is -2.18. The molecule has 5 heterocycles. The number of ether oxygens (including phenoxy) is 2. The number of H-pyrrole nitrogens is 2. The van der Waals surface area contributed by atoms with E-state index in [1.54, 1.807) is 0 Å². The van der Waals surface area contributed by atoms with Gasteiger partial charge in [-0.2, -0.15) is 0 Å². The van der Waals surface area contributed by atoms with Gasteiger partial charge in [-0.05, 0) is 56.0 Å². The number of nitrogens with zero attached hydrogens (tertiary/aromatic N) is 2. The third-order valence-electron chi connectivity index (χ3n) is 10.2. The Hall–Kier alpha value is -4.53. The molecule has 2 aliphatic heterocycles. The van der Waals surface area contributed by atoms with E-state index in [4.69, 9.17) is 19.4 Å². The number of esters is 2. The molecule has 45 heavy (non-hydrogen) atoms. The molecular weight excluding hydrogens is 568 g/mol. The first-order valence-corrected chi connectivity index (χ1v) is 15.6. The fourth-order valence-electron chi connectivity index (χ4n) is 7.54. The average molecular weight is 609 g/mol. The van der Waals surface area contributed by atoms with Gasteiger partial charge in [0.25, 0.3) is 0 Å². The fourth-order valence-corrected chi connectivity index (χ4v) is 7.54. The van der Waals surface area contributed by atoms with Gasteiger partial charge < -0.3 is 19.4 Å². The van der Waals surface area contributed by atoms with Crippen LogP contribution in [0.4, 0.5) is 0 Å². The first kappa shape index (κ1) is 30.5. The van der Waals surface area contributed by atoms with Gasteiger partial charge >= 0.3 is 11.9 Å². The van der Waals surface area contributed by atoms with Gasteiger partial charge in [0.2, 0.25) is 0 Å². The highest BCUT2D eigenvalue weighted by Gasteiger charge is 2.45. The predicted molar refractivity (Wildman–Crippen MR) is 174 cm³/mol. The highest BCUT2D eigenvalue weighted by molar-refractivity contribution is 6.23. The summed E-state index contributed by atoms with van der Waals surface area (Å²) in [4.78, 5) is 57.0. The van der Waals surface area contributed by atoms with Crippen molar-refractivity contribution in [3.63, 3.8) is 0 Å². The molecule has 234 valence electrons. The number of Topliss-reactive ketones (excluding diaryl/α,β-unsaturated/α-hetero) is 1. The third-order valence-corrected chi connectivity index (χ3v) is 10.2. The van der Waals surface area contributed by atoms with E-state index in [9.17, 15) is 14.4 Å². The van der Waals surface area contributed by atoms with Crippen molar-refractivity contribution in [2.45, 2.75) is 83.5 Å². The Labute approximate surface area is 262 Å². The molecule has 3 aliphatic rings. The second-order valence-corrected chi connectivity index (χ2v) is 12.5. The summed E-state index contributed by atoms with van der Waals surface area (Å²) in [6, 6.07) is 6.20. The van der Waals surface area contributed by atoms with Crippen molar-refractivity contribution in [1.29, 1.82) is 0 Å². The maximum absolute atomic E-state index is 14.1. The number of fused-ring (bicyclic) bond motifs is 8. The van der Waals surface area contributed by atoms with Crippen LogP contribution in [0, 0.1) is 13.8 Å². The number of ketones is 1. The standard InChI is InChI=1S/C36H40N4O5/c1-9-20-16(3)23-13-25-18(5)22(11-12-29(41)44-7)33(39-25)31-32(36(43)45-8)35(42)30-19(6)26(40-34(30)31)15-28-21(10-2)17(4)24(38-28)14-27(20)37-23/h9,13-15,17-18,21-22,32,37,40H,1,10-12H2,2-8H3/t17-,18+,21-,22+,32-/m1/s1. The van der Waals surface area contributed by atoms with E-state index in [1.807, 2.05) is 25.1 Å². The van der Waals surface area contributed by atoms with Crippen LogP contribution in [0.15, 0.2) is 24.8 Å². The van der Waals surface area contributed by atoms with Gasteiger partial charge in [0.05, 0.1) is 25.4 Å². The van der Waals surface area contributed by atoms with Crippen LogP contribution in [0.25, 0.3) is 28.1 Å². The summed E-state index contributed by atoms with van der Waals surface area (Å²) in [5.74, 6) is -2.40. The number of nitrogens with one attached hydrogen (secondary N) is 2. The number of aromatic amines is 2. The lowest BCUT2D eigenvalue weighted by molar-refractivity contribution is -0.142. The van der Waals surface area contributed by atoms with Crippen LogP contribution in [-0.2, 0) is 19.1 Å². The molecule has 2 N–H and O–H groups in total. The number of hydrogen-bond donors (Lipinski definition) is 2. The minimum atomic E-state index is -1.15. The normalized spacial score (nSPS) is 22.0. The number of hydrogen-bond acceptors (Lipinski definition) is 7. The Morgan fingerprint density at radius 2 is 1.56 bits per heavy atom. The first-order chi connectivity index (χ1) is 21.5. The predicted octanol–water partition coefficient (Wildman–Crippen LogP) is 7.17. The Morgan fingerprint density at radius 3 is 2.22 bits per heavy atom. The SMILES string of the molecule is C=Cc1c(C)c2cc3nc(c4c5[nH]c(cc6nc(cc1[nH]2)[C@H](C)[C@H]6CC)c(C)c5C(=O)[C@@H]4C(=O)OC)[C@@H](CCC(=O)OC)[C@@H]3C. The van der Waals surface area contributed by atoms with E-state index in [1.165, 1.54) is 14.2 Å². The van der Waals surface area contributed by atoms with Crippen LogP contribution in [0.1, 0.15) is 125 Å². The number of carbonyl (C=O) groups is 3. The zero-order valence-electron chi connectivity index (χ0n) is 27.0. The van der Waals surface area contributed by atoms with Crippen molar-refractivity contribution < 1.29 is 23.9 Å². The summed E-state index contributed by atoms with van der Waals surface area (Å²) in [5.41, 5.74) is 10.3. The molecule has 0 aromatic carbocycles. The largest absolute Gasteiger partial charge is 0.469 e. The van der Waals surface area contributed by atoms with Crippen LogP contribution in [0.2, 0.25) is 0 Å². The zero-order valence-corrected chi connectivity index (χ0v) is 27.0. The second kappa shape index (κ2) is 11.4. The highest BCUT2D eigenvalue weighted by atomic mass is 16.5. The average Bonchev–Trinajstić information content (AvgIpc) is 3.76. The van der Waals surface area contributed by atoms with E-state index >= 15 is 0 Å². The van der Waals surface area contributed by atoms with Gasteiger partial charge in [-0.25, -0.2) is 0 Å². The molecule has 6 rings (SSSR count). The molecule has 0 saturated carbocycles. The summed E-state index contributed by atoms with van der Waals surface area (Å²) in [6.45, 7) is 14.5. The van der Waals surface area contributed by atoms with E-state index in [-0.39, 0.29) is 41.8 Å². The van der Waals surface area contributed by atoms with E-state index in [2.05, 4.69) is 50.3 Å². The quantitative estimate of drug-likeness (QED) is 0.224. The second-order valence-electron chi connectivity index (χ2n) is 12.5. The van der Waals surface area contributed by atoms with Gasteiger partial charge in [0.15, 0.2) is 5.78 Å². The molecule has 0 spiro atoms. The van der Waals surface area contributed by atoms with Gasteiger partial charge in [-0.15, -0.1) is 0 Å². The number of aryl methyl sites for hydroxylation is 2. The zero-order chi connectivity index (χ0) is 32.3. The summed E-state index contributed by atoms with van der Waals surface area (Å²) < 4.78 is 10.1. The maximum atomic E-state index is 14.1. The van der Waals surface area contributed by atoms with Crippen molar-refractivity contribution >= 4 is 45.9 Å². The lowest BCUT2D eigenvalue weighted by atomic mass is 9.84. The van der Waals surface area contributed by atoms with Crippen LogP contribution in [-0.4, -0.2) is 51.9 Å². The van der Waals surface area contributed by atoms with Gasteiger partial charge in [-0.1, -0.05) is 33.4 Å². The van der Waals surface area contributed by atoms with Crippen molar-refractivity contribution in [3.8, 4) is 0 Å². The minimum absolute atomic E-state index is 0.115. The van der Waals surface area contributed by atoms with Crippen LogP contribution < -0.4 is 0 Å². The number of methoxy groups -OCH3 is 2. The molecule has 8 bridgehead atoms. The minimum Gasteiger partial charge on any atom is -0.469 e. The van der Waals surface area contributed by atoms with Crippen LogP contribution >= 0.6 is 0 Å². The first-order valence-electron chi connectivity index (χ1n) is 15.6. The van der Waals surface area contributed by atoms with E-state index in [0.717, 1.165) is 56.7 Å². The molecule has 0 fully saturated rings. The molecule has 9 nitrogen and oxygen atoms in total. The molecule has 0 unspecified atom stereocenters. The molecule has 1 aliphatic carbocycles. The molecule has 3 aromatic rings. The summed E-state index contributed by atoms with van der Waals surface area (Å²) >= 11 is 0. The topological polar surface area (TPSA) is 127 Å². The Morgan fingerprint density at radius 1 is 0.911 bits per heavy atom. The van der Waals surface area contributed by atoms with Gasteiger partial charge in [-0.3, -0.25) is 24.4 Å². The lowest BCUT2D eigenvalue weighted by Crippen LogP contribution is -2.21. The fraction of sp³-hybridized carbons (Fsp3) is 0.417. The summed E-state index contributed by atoms with van der Waals surface area (Å²) in [6.07, 6.45) is 3.38. The van der Waals surface area contributed by atoms with Crippen LogP contribution in [0.5, 0.6) is 0 Å². The molecule has 0 saturated heterocycles. The van der Waals surface area contributed by atoms with Gasteiger partial charge in [0, 0.05) is 80.4 Å². The molecule has 3 aromatic heterocycles. The van der Waals surface area contributed by atoms with E-state index < -0.39 is 11.9 Å². The summed E-state index contributed by atoms with van der Waals surface area (Å²) in [7, 11) is 2.66. The molecule has 0 amide bonds. The Bertz CT molecular complexity index is 1930. The maximum Gasteiger partial charge on any atom is 0.321 e. The summed E-state index contributed by atoms with van der Waals surface area (Å²) in [5, 5.41) is 0. The van der Waals surface area contributed by atoms with Crippen LogP contribution in [0.3, 0.4) is 0 Å². The Kier molecular flexibility index (Phi) is 7.75. The molecule has 9 heteroatoms. The molecule has 0 radical (unpaired) electrons. The van der Waals surface area contributed by atoms with Crippen molar-refractivity contribution in [2.75, 3.05) is 14.2 Å². The van der Waals surface area contributed by atoms with Crippen molar-refractivity contribution in [1.82, 2.24) is 19.9 Å². The number of carbonyl (C=O) groups excluding carboxylic acids is 3. The van der Waals surface area contributed by atoms with Crippen molar-refractivity contribution in [3.05, 3.63) is 75.4 Å². The molecular formula is C36H40N4O5.